The van der Waals surface area contributed by atoms with Crippen molar-refractivity contribution in [2.75, 3.05) is 7.11 Å². The van der Waals surface area contributed by atoms with Gasteiger partial charge in [0.15, 0.2) is 0 Å². The molecule has 0 amide bonds. The molecular formula is C19H23NO. The summed E-state index contributed by atoms with van der Waals surface area (Å²) in [6.07, 6.45) is 2.67. The summed E-state index contributed by atoms with van der Waals surface area (Å²) in [5.74, 6) is 0.927. The molecule has 2 heteroatoms. The minimum atomic E-state index is 0.756. The van der Waals surface area contributed by atoms with Crippen LogP contribution in [0.1, 0.15) is 29.5 Å². The van der Waals surface area contributed by atoms with Crippen molar-refractivity contribution >= 4 is 0 Å². The van der Waals surface area contributed by atoms with E-state index in [0.29, 0.717) is 0 Å². The van der Waals surface area contributed by atoms with Crippen LogP contribution in [-0.4, -0.2) is 18.1 Å². The van der Waals surface area contributed by atoms with E-state index >= 15 is 0 Å². The fourth-order valence-corrected chi connectivity index (χ4v) is 2.73. The largest absolute Gasteiger partial charge is 0.497 e. The standard InChI is InChI=1S/C19H23NO/c1-15-5-3-4-6-17(15)14-20(18-9-10-18)13-16-7-11-19(21-2)12-8-16/h3-8,11-12,18H,9-10,13-14H2,1-2H3. The summed E-state index contributed by atoms with van der Waals surface area (Å²) in [7, 11) is 1.71. The molecular weight excluding hydrogens is 258 g/mol. The van der Waals surface area contributed by atoms with Gasteiger partial charge in [-0.15, -0.1) is 0 Å². The molecule has 0 spiro atoms. The molecule has 0 heterocycles. The topological polar surface area (TPSA) is 12.5 Å². The minimum Gasteiger partial charge on any atom is -0.497 e. The summed E-state index contributed by atoms with van der Waals surface area (Å²) in [4.78, 5) is 2.60. The monoisotopic (exact) mass is 281 g/mol. The van der Waals surface area contributed by atoms with Gasteiger partial charge in [0.05, 0.1) is 7.11 Å². The molecule has 0 saturated heterocycles. The maximum atomic E-state index is 5.23. The molecule has 0 N–H and O–H groups in total. The number of methoxy groups -OCH3 is 1. The summed E-state index contributed by atoms with van der Waals surface area (Å²) in [5, 5.41) is 0. The van der Waals surface area contributed by atoms with Gasteiger partial charge < -0.3 is 4.74 Å². The Kier molecular flexibility index (Phi) is 4.26. The molecule has 0 aliphatic heterocycles. The fraction of sp³-hybridized carbons (Fsp3) is 0.368. The lowest BCUT2D eigenvalue weighted by atomic mass is 10.1. The second kappa shape index (κ2) is 6.31. The van der Waals surface area contributed by atoms with Crippen molar-refractivity contribution in [3.8, 4) is 5.75 Å². The Morgan fingerprint density at radius 1 is 1.00 bits per heavy atom. The molecule has 1 aliphatic carbocycles. The summed E-state index contributed by atoms with van der Waals surface area (Å²) in [6.45, 7) is 4.26. The van der Waals surface area contributed by atoms with Crippen molar-refractivity contribution in [1.82, 2.24) is 4.90 Å². The average molecular weight is 281 g/mol. The Balaban J connectivity index is 1.71. The van der Waals surface area contributed by atoms with Crippen LogP contribution >= 0.6 is 0 Å². The third-order valence-electron chi connectivity index (χ3n) is 4.24. The number of nitrogens with zero attached hydrogens (tertiary/aromatic N) is 1. The molecule has 1 aliphatic rings. The van der Waals surface area contributed by atoms with E-state index in [0.717, 1.165) is 24.9 Å². The zero-order valence-electron chi connectivity index (χ0n) is 12.9. The number of rotatable bonds is 6. The predicted octanol–water partition coefficient (Wildman–Crippen LogP) is 4.17. The molecule has 110 valence electrons. The lowest BCUT2D eigenvalue weighted by Gasteiger charge is -2.23. The van der Waals surface area contributed by atoms with Crippen LogP contribution in [0.15, 0.2) is 48.5 Å². The van der Waals surface area contributed by atoms with E-state index in [1.165, 1.54) is 29.5 Å². The molecule has 0 radical (unpaired) electrons. The lowest BCUT2D eigenvalue weighted by molar-refractivity contribution is 0.245. The maximum absolute atomic E-state index is 5.23. The van der Waals surface area contributed by atoms with Gasteiger partial charge in [-0.1, -0.05) is 36.4 Å². The van der Waals surface area contributed by atoms with E-state index < -0.39 is 0 Å². The molecule has 2 aromatic carbocycles. The van der Waals surface area contributed by atoms with Crippen LogP contribution in [0.4, 0.5) is 0 Å². The normalized spacial score (nSPS) is 14.4. The summed E-state index contributed by atoms with van der Waals surface area (Å²) < 4.78 is 5.23. The third-order valence-corrected chi connectivity index (χ3v) is 4.24. The van der Waals surface area contributed by atoms with Crippen LogP contribution in [0.3, 0.4) is 0 Å². The molecule has 1 fully saturated rings. The number of hydrogen-bond donors (Lipinski definition) is 0. The van der Waals surface area contributed by atoms with Gasteiger partial charge in [0, 0.05) is 19.1 Å². The molecule has 0 bridgehead atoms. The molecule has 21 heavy (non-hydrogen) atoms. The van der Waals surface area contributed by atoms with E-state index in [2.05, 4.69) is 48.2 Å². The molecule has 1 saturated carbocycles. The number of benzene rings is 2. The summed E-state index contributed by atoms with van der Waals surface area (Å²) in [6, 6.07) is 17.9. The van der Waals surface area contributed by atoms with Gasteiger partial charge >= 0.3 is 0 Å². The van der Waals surface area contributed by atoms with Gasteiger partial charge in [0.1, 0.15) is 5.75 Å². The molecule has 2 aromatic rings. The first-order chi connectivity index (χ1) is 10.3. The highest BCUT2D eigenvalue weighted by Crippen LogP contribution is 2.30. The highest BCUT2D eigenvalue weighted by molar-refractivity contribution is 5.28. The van der Waals surface area contributed by atoms with Gasteiger partial charge in [-0.05, 0) is 48.6 Å². The van der Waals surface area contributed by atoms with Crippen LogP contribution in [0, 0.1) is 6.92 Å². The minimum absolute atomic E-state index is 0.756. The smallest absolute Gasteiger partial charge is 0.118 e. The van der Waals surface area contributed by atoms with E-state index in [4.69, 9.17) is 4.74 Å². The van der Waals surface area contributed by atoms with E-state index in [-0.39, 0.29) is 0 Å². The molecule has 3 rings (SSSR count). The fourth-order valence-electron chi connectivity index (χ4n) is 2.73. The van der Waals surface area contributed by atoms with Crippen LogP contribution in [0.2, 0.25) is 0 Å². The zero-order valence-corrected chi connectivity index (χ0v) is 12.9. The summed E-state index contributed by atoms with van der Waals surface area (Å²) >= 11 is 0. The highest BCUT2D eigenvalue weighted by atomic mass is 16.5. The van der Waals surface area contributed by atoms with Crippen molar-refractivity contribution in [2.24, 2.45) is 0 Å². The predicted molar refractivity (Wildman–Crippen MR) is 86.4 cm³/mol. The van der Waals surface area contributed by atoms with Crippen molar-refractivity contribution in [2.45, 2.75) is 38.9 Å². The van der Waals surface area contributed by atoms with Crippen molar-refractivity contribution < 1.29 is 4.74 Å². The zero-order chi connectivity index (χ0) is 14.7. The quantitative estimate of drug-likeness (QED) is 0.788. The SMILES string of the molecule is COc1ccc(CN(Cc2ccccc2C)C2CC2)cc1. The van der Waals surface area contributed by atoms with Gasteiger partial charge in [0.25, 0.3) is 0 Å². The first-order valence-electron chi connectivity index (χ1n) is 7.68. The molecule has 0 atom stereocenters. The molecule has 2 nitrogen and oxygen atoms in total. The third kappa shape index (κ3) is 3.64. The van der Waals surface area contributed by atoms with Gasteiger partial charge in [0.2, 0.25) is 0 Å². The van der Waals surface area contributed by atoms with Gasteiger partial charge in [-0.3, -0.25) is 4.90 Å². The Labute approximate surface area is 127 Å². The Morgan fingerprint density at radius 3 is 2.33 bits per heavy atom. The number of hydrogen-bond acceptors (Lipinski definition) is 2. The molecule has 0 unspecified atom stereocenters. The lowest BCUT2D eigenvalue weighted by Crippen LogP contribution is -2.25. The first kappa shape index (κ1) is 14.2. The molecule has 0 aromatic heterocycles. The Morgan fingerprint density at radius 2 is 1.71 bits per heavy atom. The second-order valence-electron chi connectivity index (χ2n) is 5.91. The van der Waals surface area contributed by atoms with Crippen molar-refractivity contribution in [1.29, 1.82) is 0 Å². The van der Waals surface area contributed by atoms with E-state index in [1.807, 2.05) is 12.1 Å². The Hall–Kier alpha value is -1.80. The second-order valence-corrected chi connectivity index (χ2v) is 5.91. The van der Waals surface area contributed by atoms with E-state index in [1.54, 1.807) is 7.11 Å². The van der Waals surface area contributed by atoms with Crippen LogP contribution in [-0.2, 0) is 13.1 Å². The maximum Gasteiger partial charge on any atom is 0.118 e. The van der Waals surface area contributed by atoms with Gasteiger partial charge in [-0.25, -0.2) is 0 Å². The number of ether oxygens (including phenoxy) is 1. The van der Waals surface area contributed by atoms with E-state index in [9.17, 15) is 0 Å². The average Bonchev–Trinajstić information content (AvgIpc) is 3.34. The highest BCUT2D eigenvalue weighted by Gasteiger charge is 2.29. The Bertz CT molecular complexity index is 587. The number of aryl methyl sites for hydroxylation is 1. The van der Waals surface area contributed by atoms with Gasteiger partial charge in [-0.2, -0.15) is 0 Å². The van der Waals surface area contributed by atoms with Crippen LogP contribution in [0.25, 0.3) is 0 Å². The summed E-state index contributed by atoms with van der Waals surface area (Å²) in [5.41, 5.74) is 4.19. The van der Waals surface area contributed by atoms with Crippen molar-refractivity contribution in [3.63, 3.8) is 0 Å². The first-order valence-corrected chi connectivity index (χ1v) is 7.68. The van der Waals surface area contributed by atoms with Crippen LogP contribution in [0.5, 0.6) is 5.75 Å². The van der Waals surface area contributed by atoms with Crippen LogP contribution < -0.4 is 4.74 Å². The van der Waals surface area contributed by atoms with Crippen molar-refractivity contribution in [3.05, 3.63) is 65.2 Å².